The van der Waals surface area contributed by atoms with Crippen molar-refractivity contribution < 1.29 is 4.79 Å². The Hall–Kier alpha value is -1.40. The number of benzene rings is 1. The first kappa shape index (κ1) is 13.0. The van der Waals surface area contributed by atoms with Crippen molar-refractivity contribution >= 4 is 38.9 Å². The van der Waals surface area contributed by atoms with Crippen LogP contribution in [-0.4, -0.2) is 10.9 Å². The van der Waals surface area contributed by atoms with Crippen molar-refractivity contribution in [3.05, 3.63) is 44.3 Å². The lowest BCUT2D eigenvalue weighted by Crippen LogP contribution is -2.22. The van der Waals surface area contributed by atoms with Gasteiger partial charge in [-0.2, -0.15) is 0 Å². The number of thiazole rings is 1. The van der Waals surface area contributed by atoms with Gasteiger partial charge in [0.15, 0.2) is 0 Å². The van der Waals surface area contributed by atoms with E-state index in [9.17, 15) is 4.79 Å². The summed E-state index contributed by atoms with van der Waals surface area (Å²) in [6.45, 7) is 2.42. The van der Waals surface area contributed by atoms with E-state index in [-0.39, 0.29) is 5.91 Å². The second kappa shape index (κ2) is 5.49. The Balaban J connectivity index is 2.04. The number of anilines is 1. The van der Waals surface area contributed by atoms with Gasteiger partial charge in [0.25, 0.3) is 5.91 Å². The molecule has 1 aromatic carbocycles. The van der Waals surface area contributed by atoms with Crippen LogP contribution in [-0.2, 0) is 6.54 Å². The van der Waals surface area contributed by atoms with Crippen molar-refractivity contribution in [3.8, 4) is 0 Å². The van der Waals surface area contributed by atoms with Gasteiger partial charge in [0.05, 0.1) is 17.7 Å². The lowest BCUT2D eigenvalue weighted by Gasteiger charge is -2.06. The first-order valence-corrected chi connectivity index (χ1v) is 6.97. The maximum atomic E-state index is 11.9. The third-order valence-electron chi connectivity index (χ3n) is 2.51. The standard InChI is InChI=1S/C12H12BrN3OS/c1-7-11(18-6-16-7)5-15-12(17)8-2-3-9(13)10(14)4-8/h2-4,6H,5,14H2,1H3,(H,15,17). The summed E-state index contributed by atoms with van der Waals surface area (Å²) >= 11 is 4.83. The van der Waals surface area contributed by atoms with Gasteiger partial charge in [-0.05, 0) is 41.1 Å². The van der Waals surface area contributed by atoms with Crippen molar-refractivity contribution in [2.24, 2.45) is 0 Å². The van der Waals surface area contributed by atoms with Gasteiger partial charge in [-0.1, -0.05) is 0 Å². The summed E-state index contributed by atoms with van der Waals surface area (Å²) < 4.78 is 0.789. The fourth-order valence-electron chi connectivity index (χ4n) is 1.44. The molecule has 2 rings (SSSR count). The number of halogens is 1. The first-order valence-electron chi connectivity index (χ1n) is 5.30. The maximum Gasteiger partial charge on any atom is 0.251 e. The number of carbonyl (C=O) groups excluding carboxylic acids is 1. The summed E-state index contributed by atoms with van der Waals surface area (Å²) in [6.07, 6.45) is 0. The zero-order valence-corrected chi connectivity index (χ0v) is 12.1. The molecular weight excluding hydrogens is 314 g/mol. The smallest absolute Gasteiger partial charge is 0.251 e. The summed E-state index contributed by atoms with van der Waals surface area (Å²) in [5, 5.41) is 2.85. The van der Waals surface area contributed by atoms with Gasteiger partial charge in [-0.15, -0.1) is 11.3 Å². The summed E-state index contributed by atoms with van der Waals surface area (Å²) in [7, 11) is 0. The van der Waals surface area contributed by atoms with Crippen LogP contribution < -0.4 is 11.1 Å². The van der Waals surface area contributed by atoms with Crippen LogP contribution in [0.5, 0.6) is 0 Å². The normalized spacial score (nSPS) is 10.3. The van der Waals surface area contributed by atoms with E-state index in [0.29, 0.717) is 17.8 Å². The van der Waals surface area contributed by atoms with E-state index in [1.165, 1.54) is 11.3 Å². The van der Waals surface area contributed by atoms with Crippen LogP contribution in [0, 0.1) is 6.92 Å². The molecule has 0 radical (unpaired) electrons. The number of amides is 1. The van der Waals surface area contributed by atoms with Gasteiger partial charge in [0.1, 0.15) is 0 Å². The minimum absolute atomic E-state index is 0.137. The highest BCUT2D eigenvalue weighted by Crippen LogP contribution is 2.20. The molecule has 0 spiro atoms. The Morgan fingerprint density at radius 2 is 2.33 bits per heavy atom. The Morgan fingerprint density at radius 3 is 2.94 bits per heavy atom. The molecule has 0 aliphatic carbocycles. The molecule has 6 heteroatoms. The minimum atomic E-state index is -0.137. The number of nitrogen functional groups attached to an aromatic ring is 1. The number of carbonyl (C=O) groups is 1. The molecule has 0 aliphatic heterocycles. The van der Waals surface area contributed by atoms with Gasteiger partial charge < -0.3 is 11.1 Å². The van der Waals surface area contributed by atoms with Gasteiger partial charge in [0.2, 0.25) is 0 Å². The highest BCUT2D eigenvalue weighted by molar-refractivity contribution is 9.10. The third-order valence-corrected chi connectivity index (χ3v) is 4.17. The molecule has 0 aliphatic rings. The lowest BCUT2D eigenvalue weighted by molar-refractivity contribution is 0.0951. The molecule has 4 nitrogen and oxygen atoms in total. The highest BCUT2D eigenvalue weighted by atomic mass is 79.9. The summed E-state index contributed by atoms with van der Waals surface area (Å²) in [5.74, 6) is -0.137. The number of aryl methyl sites for hydroxylation is 1. The van der Waals surface area contributed by atoms with Crippen LogP contribution in [0.1, 0.15) is 20.9 Å². The Bertz CT molecular complexity index is 582. The SMILES string of the molecule is Cc1ncsc1CNC(=O)c1ccc(Br)c(N)c1. The number of rotatable bonds is 3. The van der Waals surface area contributed by atoms with Crippen molar-refractivity contribution in [1.82, 2.24) is 10.3 Å². The Morgan fingerprint density at radius 1 is 1.56 bits per heavy atom. The van der Waals surface area contributed by atoms with Gasteiger partial charge >= 0.3 is 0 Å². The van der Waals surface area contributed by atoms with E-state index >= 15 is 0 Å². The average Bonchev–Trinajstić information content (AvgIpc) is 2.75. The van der Waals surface area contributed by atoms with Crippen molar-refractivity contribution in [1.29, 1.82) is 0 Å². The van der Waals surface area contributed by atoms with E-state index in [1.54, 1.807) is 23.7 Å². The molecular formula is C12H12BrN3OS. The van der Waals surface area contributed by atoms with Crippen LogP contribution in [0.15, 0.2) is 28.2 Å². The Labute approximate surface area is 117 Å². The molecule has 1 amide bonds. The topological polar surface area (TPSA) is 68.0 Å². The first-order chi connectivity index (χ1) is 8.58. The van der Waals surface area contributed by atoms with E-state index in [0.717, 1.165) is 15.0 Å². The fraction of sp³-hybridized carbons (Fsp3) is 0.167. The van der Waals surface area contributed by atoms with Crippen molar-refractivity contribution in [3.63, 3.8) is 0 Å². The van der Waals surface area contributed by atoms with Crippen LogP contribution in [0.25, 0.3) is 0 Å². The van der Waals surface area contributed by atoms with Crippen molar-refractivity contribution in [2.45, 2.75) is 13.5 Å². The number of hydrogen-bond acceptors (Lipinski definition) is 4. The Kier molecular flexibility index (Phi) is 3.98. The molecule has 18 heavy (non-hydrogen) atoms. The monoisotopic (exact) mass is 325 g/mol. The van der Waals surface area contributed by atoms with E-state index in [2.05, 4.69) is 26.2 Å². The van der Waals surface area contributed by atoms with E-state index < -0.39 is 0 Å². The summed E-state index contributed by atoms with van der Waals surface area (Å²) in [4.78, 5) is 17.1. The average molecular weight is 326 g/mol. The predicted octanol–water partition coefficient (Wildman–Crippen LogP) is 2.73. The third kappa shape index (κ3) is 2.88. The van der Waals surface area contributed by atoms with E-state index in [1.807, 2.05) is 6.92 Å². The minimum Gasteiger partial charge on any atom is -0.398 e. The van der Waals surface area contributed by atoms with Crippen LogP contribution in [0.2, 0.25) is 0 Å². The molecule has 0 atom stereocenters. The molecule has 1 heterocycles. The molecule has 2 aromatic rings. The zero-order chi connectivity index (χ0) is 13.1. The second-order valence-corrected chi connectivity index (χ2v) is 5.57. The molecule has 0 saturated carbocycles. The van der Waals surface area contributed by atoms with Gasteiger partial charge in [-0.3, -0.25) is 4.79 Å². The second-order valence-electron chi connectivity index (χ2n) is 3.78. The van der Waals surface area contributed by atoms with E-state index in [4.69, 9.17) is 5.73 Å². The fourth-order valence-corrected chi connectivity index (χ4v) is 2.41. The van der Waals surface area contributed by atoms with Gasteiger partial charge in [0, 0.05) is 20.6 Å². The maximum absolute atomic E-state index is 11.9. The molecule has 0 fully saturated rings. The van der Waals surface area contributed by atoms with Crippen LogP contribution >= 0.6 is 27.3 Å². The van der Waals surface area contributed by atoms with Crippen LogP contribution in [0.3, 0.4) is 0 Å². The molecule has 94 valence electrons. The number of nitrogens with two attached hydrogens (primary N) is 1. The predicted molar refractivity (Wildman–Crippen MR) is 76.6 cm³/mol. The number of nitrogens with one attached hydrogen (secondary N) is 1. The molecule has 0 saturated heterocycles. The largest absolute Gasteiger partial charge is 0.398 e. The van der Waals surface area contributed by atoms with Crippen molar-refractivity contribution in [2.75, 3.05) is 5.73 Å². The summed E-state index contributed by atoms with van der Waals surface area (Å²) in [5.41, 5.74) is 9.57. The number of aromatic nitrogens is 1. The molecule has 0 unspecified atom stereocenters. The quantitative estimate of drug-likeness (QED) is 0.852. The number of nitrogens with zero attached hydrogens (tertiary/aromatic N) is 1. The summed E-state index contributed by atoms with van der Waals surface area (Å²) in [6, 6.07) is 5.15. The number of hydrogen-bond donors (Lipinski definition) is 2. The zero-order valence-electron chi connectivity index (χ0n) is 9.74. The molecule has 0 bridgehead atoms. The van der Waals surface area contributed by atoms with Crippen LogP contribution in [0.4, 0.5) is 5.69 Å². The highest BCUT2D eigenvalue weighted by Gasteiger charge is 2.08. The molecule has 3 N–H and O–H groups in total. The van der Waals surface area contributed by atoms with Gasteiger partial charge in [-0.25, -0.2) is 4.98 Å². The lowest BCUT2D eigenvalue weighted by atomic mass is 10.2. The molecule has 1 aromatic heterocycles.